The first-order chi connectivity index (χ1) is 14.7. The molecular formula is C23H26ClN3O3S. The van der Waals surface area contributed by atoms with Crippen LogP contribution in [0.4, 0.5) is 11.4 Å². The molecule has 2 aromatic rings. The Morgan fingerprint density at radius 3 is 2.55 bits per heavy atom. The van der Waals surface area contributed by atoms with Crippen LogP contribution in [0.1, 0.15) is 19.4 Å². The Morgan fingerprint density at radius 2 is 1.84 bits per heavy atom. The summed E-state index contributed by atoms with van der Waals surface area (Å²) in [6.07, 6.45) is 3.64. The molecular weight excluding hydrogens is 434 g/mol. The van der Waals surface area contributed by atoms with E-state index in [1.165, 1.54) is 27.7 Å². The zero-order valence-electron chi connectivity index (χ0n) is 17.9. The van der Waals surface area contributed by atoms with E-state index in [4.69, 9.17) is 16.3 Å². The molecule has 2 aromatic carbocycles. The van der Waals surface area contributed by atoms with Crippen molar-refractivity contribution in [3.63, 3.8) is 0 Å². The number of halogens is 1. The van der Waals surface area contributed by atoms with Gasteiger partial charge in [0, 0.05) is 43.2 Å². The van der Waals surface area contributed by atoms with Gasteiger partial charge in [0.15, 0.2) is 0 Å². The molecule has 2 aliphatic heterocycles. The number of hydrogen-bond donors (Lipinski definition) is 0. The largest absolute Gasteiger partial charge is 0.379 e. The lowest BCUT2D eigenvalue weighted by atomic mass is 9.84. The van der Waals surface area contributed by atoms with Crippen LogP contribution in [-0.2, 0) is 20.2 Å². The van der Waals surface area contributed by atoms with Gasteiger partial charge in [-0.1, -0.05) is 43.6 Å². The molecule has 0 radical (unpaired) electrons. The molecule has 31 heavy (non-hydrogen) atoms. The standard InChI is InChI=1S/C23H26ClN3O3S/c1-23(2)18-6-4-5-7-21(18)26(3)22(23)10-11-25-20-16-17(8-9-19(20)24)31(28,29)27-12-14-30-15-13-27/h4-11,16H,12-15H2,1-3H3/b22-10+,25-11?. The van der Waals surface area contributed by atoms with E-state index < -0.39 is 10.0 Å². The molecule has 6 nitrogen and oxygen atoms in total. The highest BCUT2D eigenvalue weighted by atomic mass is 35.5. The van der Waals surface area contributed by atoms with Crippen LogP contribution in [0.25, 0.3) is 0 Å². The van der Waals surface area contributed by atoms with Crippen LogP contribution in [0.5, 0.6) is 0 Å². The molecule has 0 aromatic heterocycles. The van der Waals surface area contributed by atoms with Crippen molar-refractivity contribution in [2.45, 2.75) is 24.2 Å². The third-order valence-corrected chi connectivity index (χ3v) is 8.13. The number of benzene rings is 2. The molecule has 0 aliphatic carbocycles. The van der Waals surface area contributed by atoms with Gasteiger partial charge in [-0.05, 0) is 35.9 Å². The van der Waals surface area contributed by atoms with E-state index >= 15 is 0 Å². The number of nitrogens with zero attached hydrogens (tertiary/aromatic N) is 3. The highest BCUT2D eigenvalue weighted by Gasteiger charge is 2.37. The summed E-state index contributed by atoms with van der Waals surface area (Å²) in [5.74, 6) is 0. The molecule has 0 saturated carbocycles. The average Bonchev–Trinajstić information content (AvgIpc) is 2.96. The highest BCUT2D eigenvalue weighted by Crippen LogP contribution is 2.46. The fraction of sp³-hybridized carbons (Fsp3) is 0.348. The second kappa shape index (κ2) is 8.39. The van der Waals surface area contributed by atoms with Crippen LogP contribution >= 0.6 is 11.6 Å². The number of rotatable bonds is 4. The van der Waals surface area contributed by atoms with Crippen molar-refractivity contribution in [2.75, 3.05) is 38.3 Å². The van der Waals surface area contributed by atoms with Gasteiger partial charge in [0.05, 0.1) is 28.8 Å². The van der Waals surface area contributed by atoms with Crippen LogP contribution in [0, 0.1) is 0 Å². The maximum Gasteiger partial charge on any atom is 0.243 e. The van der Waals surface area contributed by atoms with Crippen LogP contribution in [0.3, 0.4) is 0 Å². The third-order valence-electron chi connectivity index (χ3n) is 5.91. The first-order valence-electron chi connectivity index (χ1n) is 10.2. The molecule has 2 aliphatic rings. The minimum absolute atomic E-state index is 0.164. The number of morpholine rings is 1. The SMILES string of the molecule is CN1/C(=C/C=Nc2cc(S(=O)(=O)N3CCOCC3)ccc2Cl)C(C)(C)c2ccccc21. The predicted molar refractivity (Wildman–Crippen MR) is 125 cm³/mol. The second-order valence-corrected chi connectivity index (χ2v) is 10.5. The summed E-state index contributed by atoms with van der Waals surface area (Å²) in [5, 5.41) is 0.401. The molecule has 8 heteroatoms. The summed E-state index contributed by atoms with van der Waals surface area (Å²) < 4.78 is 32.6. The van der Waals surface area contributed by atoms with Gasteiger partial charge in [-0.25, -0.2) is 8.42 Å². The molecule has 0 bridgehead atoms. The molecule has 0 unspecified atom stereocenters. The van der Waals surface area contributed by atoms with E-state index in [0.29, 0.717) is 37.0 Å². The number of allylic oxidation sites excluding steroid dienone is 2. The van der Waals surface area contributed by atoms with Crippen molar-refractivity contribution in [1.29, 1.82) is 0 Å². The minimum atomic E-state index is -3.61. The van der Waals surface area contributed by atoms with Crippen molar-refractivity contribution < 1.29 is 13.2 Å². The summed E-state index contributed by atoms with van der Waals surface area (Å²) >= 11 is 6.31. The number of likely N-dealkylation sites (N-methyl/N-ethyl adjacent to an activating group) is 1. The smallest absolute Gasteiger partial charge is 0.243 e. The molecule has 4 rings (SSSR count). The van der Waals surface area contributed by atoms with Crippen molar-refractivity contribution in [3.8, 4) is 0 Å². The van der Waals surface area contributed by atoms with Crippen molar-refractivity contribution in [1.82, 2.24) is 4.31 Å². The molecule has 1 saturated heterocycles. The molecule has 1 fully saturated rings. The van der Waals surface area contributed by atoms with Crippen molar-refractivity contribution in [3.05, 3.63) is 64.8 Å². The van der Waals surface area contributed by atoms with Gasteiger partial charge in [0.2, 0.25) is 10.0 Å². The second-order valence-electron chi connectivity index (χ2n) is 8.16. The molecule has 2 heterocycles. The van der Waals surface area contributed by atoms with Gasteiger partial charge < -0.3 is 9.64 Å². The van der Waals surface area contributed by atoms with Crippen LogP contribution in [0.15, 0.2) is 64.1 Å². The normalized spacial score (nSPS) is 20.5. The van der Waals surface area contributed by atoms with E-state index in [2.05, 4.69) is 35.9 Å². The molecule has 164 valence electrons. The van der Waals surface area contributed by atoms with Crippen molar-refractivity contribution >= 4 is 39.2 Å². The summed E-state index contributed by atoms with van der Waals surface area (Å²) in [5.41, 5.74) is 3.79. The number of sulfonamides is 1. The summed E-state index contributed by atoms with van der Waals surface area (Å²) in [7, 11) is -1.57. The fourth-order valence-corrected chi connectivity index (χ4v) is 5.77. The monoisotopic (exact) mass is 459 g/mol. The van der Waals surface area contributed by atoms with E-state index in [1.807, 2.05) is 25.3 Å². The lowest BCUT2D eigenvalue weighted by Gasteiger charge is -2.26. The predicted octanol–water partition coefficient (Wildman–Crippen LogP) is 4.37. The number of anilines is 1. The zero-order chi connectivity index (χ0) is 22.2. The van der Waals surface area contributed by atoms with Gasteiger partial charge in [-0.3, -0.25) is 4.99 Å². The number of hydrogen-bond acceptors (Lipinski definition) is 5. The molecule has 0 atom stereocenters. The van der Waals surface area contributed by atoms with Crippen molar-refractivity contribution in [2.24, 2.45) is 4.99 Å². The average molecular weight is 460 g/mol. The number of aliphatic imine (C=N–C) groups is 1. The minimum Gasteiger partial charge on any atom is -0.379 e. The first-order valence-corrected chi connectivity index (χ1v) is 12.0. The molecule has 0 amide bonds. The lowest BCUT2D eigenvalue weighted by Crippen LogP contribution is -2.40. The maximum absolute atomic E-state index is 12.9. The Balaban J connectivity index is 1.62. The van der Waals surface area contributed by atoms with Crippen LogP contribution in [-0.4, -0.2) is 52.3 Å². The maximum atomic E-state index is 12.9. The van der Waals surface area contributed by atoms with Gasteiger partial charge in [0.25, 0.3) is 0 Å². The van der Waals surface area contributed by atoms with Gasteiger partial charge in [-0.15, -0.1) is 0 Å². The topological polar surface area (TPSA) is 62.2 Å². The fourth-order valence-electron chi connectivity index (χ4n) is 4.18. The number of fused-ring (bicyclic) bond motifs is 1. The first kappa shape index (κ1) is 22.0. The van der Waals surface area contributed by atoms with Crippen LogP contribution in [0.2, 0.25) is 5.02 Å². The lowest BCUT2D eigenvalue weighted by molar-refractivity contribution is 0.0730. The molecule has 0 spiro atoms. The summed E-state index contributed by atoms with van der Waals surface area (Å²) in [6.45, 7) is 5.85. The Morgan fingerprint density at radius 1 is 1.13 bits per heavy atom. The van der Waals surface area contributed by atoms with Gasteiger partial charge >= 0.3 is 0 Å². The highest BCUT2D eigenvalue weighted by molar-refractivity contribution is 7.89. The Kier molecular flexibility index (Phi) is 5.96. The third kappa shape index (κ3) is 4.03. The quantitative estimate of drug-likeness (QED) is 0.637. The van der Waals surface area contributed by atoms with Gasteiger partial charge in [-0.2, -0.15) is 4.31 Å². The zero-order valence-corrected chi connectivity index (χ0v) is 19.4. The Bertz CT molecular complexity index is 1150. The number of para-hydroxylation sites is 1. The van der Waals surface area contributed by atoms with E-state index in [9.17, 15) is 8.42 Å². The Labute approximate surface area is 188 Å². The summed E-state index contributed by atoms with van der Waals surface area (Å²) in [4.78, 5) is 6.82. The van der Waals surface area contributed by atoms with Crippen LogP contribution < -0.4 is 4.90 Å². The van der Waals surface area contributed by atoms with E-state index in [-0.39, 0.29) is 10.3 Å². The summed E-state index contributed by atoms with van der Waals surface area (Å²) in [6, 6.07) is 13.0. The van der Waals surface area contributed by atoms with Gasteiger partial charge in [0.1, 0.15) is 0 Å². The Hall–Kier alpha value is -2.19. The van der Waals surface area contributed by atoms with E-state index in [0.717, 1.165) is 5.70 Å². The van der Waals surface area contributed by atoms with E-state index in [1.54, 1.807) is 12.3 Å². The molecule has 0 N–H and O–H groups in total. The number of ether oxygens (including phenoxy) is 1.